The summed E-state index contributed by atoms with van der Waals surface area (Å²) in [4.78, 5) is 19.7. The average Bonchev–Trinajstić information content (AvgIpc) is 2.68. The normalized spacial score (nSPS) is 11.2. The van der Waals surface area contributed by atoms with E-state index in [-0.39, 0.29) is 11.6 Å². The number of pyridine rings is 1. The van der Waals surface area contributed by atoms with Crippen LogP contribution in [0, 0.1) is 0 Å². The largest absolute Gasteiger partial charge is 0.433 e. The highest BCUT2D eigenvalue weighted by atomic mass is 19.4. The van der Waals surface area contributed by atoms with Gasteiger partial charge < -0.3 is 10.6 Å². The maximum atomic E-state index is 13.1. The van der Waals surface area contributed by atoms with E-state index < -0.39 is 11.9 Å². The van der Waals surface area contributed by atoms with Crippen molar-refractivity contribution >= 4 is 11.8 Å². The molecule has 0 aliphatic heterocycles. The molecule has 3 aromatic rings. The van der Waals surface area contributed by atoms with Gasteiger partial charge >= 0.3 is 6.18 Å². The monoisotopic (exact) mass is 375 g/mol. The van der Waals surface area contributed by atoms with Gasteiger partial charge in [-0.15, -0.1) is 0 Å². The van der Waals surface area contributed by atoms with Gasteiger partial charge in [0.05, 0.1) is 0 Å². The molecule has 3 heterocycles. The Morgan fingerprint density at radius 3 is 2.30 bits per heavy atom. The molecule has 0 saturated heterocycles. The fourth-order valence-electron chi connectivity index (χ4n) is 2.21. The first-order valence-electron chi connectivity index (χ1n) is 8.14. The minimum Gasteiger partial charge on any atom is -0.370 e. The molecule has 10 heteroatoms. The lowest BCUT2D eigenvalue weighted by molar-refractivity contribution is -0.141. The van der Waals surface area contributed by atoms with Crippen LogP contribution in [0.4, 0.5) is 24.9 Å². The van der Waals surface area contributed by atoms with Gasteiger partial charge in [0.1, 0.15) is 5.82 Å². The average molecular weight is 375 g/mol. The molecule has 0 aliphatic rings. The molecule has 0 aliphatic carbocycles. The van der Waals surface area contributed by atoms with E-state index in [9.17, 15) is 13.2 Å². The first-order valence-corrected chi connectivity index (χ1v) is 8.14. The van der Waals surface area contributed by atoms with Crippen molar-refractivity contribution in [3.8, 4) is 11.4 Å². The Bertz CT molecular complexity index is 857. The SMILES string of the molecule is FC(F)(F)c1cc(NCCCNc2ncccn2)nc(-c2ccncc2)n1. The topological polar surface area (TPSA) is 88.5 Å². The Balaban J connectivity index is 1.65. The van der Waals surface area contributed by atoms with Crippen molar-refractivity contribution in [2.75, 3.05) is 23.7 Å². The Hall–Kier alpha value is -3.30. The number of anilines is 2. The van der Waals surface area contributed by atoms with Crippen LogP contribution in [0.3, 0.4) is 0 Å². The van der Waals surface area contributed by atoms with E-state index in [1.165, 1.54) is 12.4 Å². The van der Waals surface area contributed by atoms with Gasteiger partial charge in [-0.3, -0.25) is 4.98 Å². The van der Waals surface area contributed by atoms with Crippen LogP contribution in [-0.2, 0) is 6.18 Å². The predicted octanol–water partition coefficient (Wildman–Crippen LogP) is 3.26. The molecular weight excluding hydrogens is 359 g/mol. The van der Waals surface area contributed by atoms with E-state index in [0.717, 1.165) is 6.07 Å². The number of rotatable bonds is 7. The summed E-state index contributed by atoms with van der Waals surface area (Å²) in [5, 5.41) is 5.93. The van der Waals surface area contributed by atoms with Gasteiger partial charge in [-0.1, -0.05) is 0 Å². The first-order chi connectivity index (χ1) is 13.0. The summed E-state index contributed by atoms with van der Waals surface area (Å²) in [6.45, 7) is 0.982. The third-order valence-corrected chi connectivity index (χ3v) is 3.46. The lowest BCUT2D eigenvalue weighted by Gasteiger charge is -2.12. The number of alkyl halides is 3. The molecule has 3 rings (SSSR count). The van der Waals surface area contributed by atoms with E-state index in [0.29, 0.717) is 31.0 Å². The number of aromatic nitrogens is 5. The summed E-state index contributed by atoms with van der Waals surface area (Å²) in [5.41, 5.74) is -0.537. The van der Waals surface area contributed by atoms with Crippen LogP contribution >= 0.6 is 0 Å². The van der Waals surface area contributed by atoms with E-state index in [4.69, 9.17) is 0 Å². The molecule has 0 radical (unpaired) electrons. The Morgan fingerprint density at radius 1 is 0.889 bits per heavy atom. The molecular formula is C17H16F3N7. The highest BCUT2D eigenvalue weighted by Gasteiger charge is 2.33. The van der Waals surface area contributed by atoms with Crippen molar-refractivity contribution in [3.05, 3.63) is 54.7 Å². The zero-order valence-electron chi connectivity index (χ0n) is 14.1. The van der Waals surface area contributed by atoms with Gasteiger partial charge in [0.2, 0.25) is 5.95 Å². The van der Waals surface area contributed by atoms with E-state index in [2.05, 4.69) is 35.6 Å². The lowest BCUT2D eigenvalue weighted by atomic mass is 10.2. The summed E-state index contributed by atoms with van der Waals surface area (Å²) in [5.74, 6) is 0.601. The second-order valence-corrected chi connectivity index (χ2v) is 5.48. The second kappa shape index (κ2) is 8.39. The Kier molecular flexibility index (Phi) is 5.74. The molecule has 0 fully saturated rings. The molecule has 27 heavy (non-hydrogen) atoms. The molecule has 0 bridgehead atoms. The Labute approximate surface area is 153 Å². The molecule has 0 atom stereocenters. The van der Waals surface area contributed by atoms with Crippen LogP contribution in [0.25, 0.3) is 11.4 Å². The standard InChI is InChI=1S/C17H16F3N7/c18-17(19,20)13-11-14(27-15(26-13)12-3-9-21-10-4-12)22-5-1-6-23-16-24-7-2-8-25-16/h2-4,7-11H,1,5-6H2,(H,22,26,27)(H,23,24,25). The molecule has 3 aromatic heterocycles. The van der Waals surface area contributed by atoms with Crippen molar-refractivity contribution in [2.24, 2.45) is 0 Å². The summed E-state index contributed by atoms with van der Waals surface area (Å²) >= 11 is 0. The molecule has 7 nitrogen and oxygen atoms in total. The van der Waals surface area contributed by atoms with E-state index in [1.807, 2.05) is 0 Å². The highest BCUT2D eigenvalue weighted by Crippen LogP contribution is 2.30. The van der Waals surface area contributed by atoms with Crippen molar-refractivity contribution in [3.63, 3.8) is 0 Å². The maximum absolute atomic E-state index is 13.1. The smallest absolute Gasteiger partial charge is 0.370 e. The molecule has 0 unspecified atom stereocenters. The van der Waals surface area contributed by atoms with Crippen LogP contribution < -0.4 is 10.6 Å². The van der Waals surface area contributed by atoms with Crippen molar-refractivity contribution in [2.45, 2.75) is 12.6 Å². The number of halogens is 3. The van der Waals surface area contributed by atoms with Crippen LogP contribution in [0.5, 0.6) is 0 Å². The maximum Gasteiger partial charge on any atom is 0.433 e. The molecule has 2 N–H and O–H groups in total. The minimum atomic E-state index is -4.56. The predicted molar refractivity (Wildman–Crippen MR) is 93.9 cm³/mol. The van der Waals surface area contributed by atoms with Gasteiger partial charge in [-0.2, -0.15) is 13.2 Å². The number of nitrogens with one attached hydrogen (secondary N) is 2. The summed E-state index contributed by atoms with van der Waals surface area (Å²) in [6.07, 6.45) is 2.26. The van der Waals surface area contributed by atoms with Gasteiger partial charge in [-0.05, 0) is 24.6 Å². The molecule has 0 spiro atoms. The number of hydrogen-bond acceptors (Lipinski definition) is 7. The Morgan fingerprint density at radius 2 is 1.59 bits per heavy atom. The van der Waals surface area contributed by atoms with Crippen molar-refractivity contribution in [1.29, 1.82) is 0 Å². The summed E-state index contributed by atoms with van der Waals surface area (Å²) in [7, 11) is 0. The van der Waals surface area contributed by atoms with Gasteiger partial charge in [0, 0.05) is 49.5 Å². The molecule has 0 aromatic carbocycles. The van der Waals surface area contributed by atoms with Crippen LogP contribution in [-0.4, -0.2) is 38.0 Å². The third-order valence-electron chi connectivity index (χ3n) is 3.46. The highest BCUT2D eigenvalue weighted by molar-refractivity contribution is 5.57. The quantitative estimate of drug-likeness (QED) is 0.613. The van der Waals surface area contributed by atoms with Crippen molar-refractivity contribution in [1.82, 2.24) is 24.9 Å². The third kappa shape index (κ3) is 5.33. The van der Waals surface area contributed by atoms with Crippen molar-refractivity contribution < 1.29 is 13.2 Å². The van der Waals surface area contributed by atoms with Gasteiger partial charge in [-0.25, -0.2) is 19.9 Å². The van der Waals surface area contributed by atoms with Crippen LogP contribution in [0.1, 0.15) is 12.1 Å². The molecule has 0 saturated carbocycles. The van der Waals surface area contributed by atoms with Gasteiger partial charge in [0.15, 0.2) is 11.5 Å². The fraction of sp³-hybridized carbons (Fsp3) is 0.235. The molecule has 0 amide bonds. The summed E-state index contributed by atoms with van der Waals surface area (Å²) < 4.78 is 39.4. The lowest BCUT2D eigenvalue weighted by Crippen LogP contribution is -2.14. The number of hydrogen-bond donors (Lipinski definition) is 2. The first kappa shape index (κ1) is 18.5. The zero-order chi connectivity index (χ0) is 19.1. The fourth-order valence-corrected chi connectivity index (χ4v) is 2.21. The van der Waals surface area contributed by atoms with E-state index in [1.54, 1.807) is 30.6 Å². The van der Waals surface area contributed by atoms with Gasteiger partial charge in [0.25, 0.3) is 0 Å². The van der Waals surface area contributed by atoms with E-state index >= 15 is 0 Å². The zero-order valence-corrected chi connectivity index (χ0v) is 14.1. The number of nitrogens with zero attached hydrogens (tertiary/aromatic N) is 5. The van der Waals surface area contributed by atoms with Crippen LogP contribution in [0.15, 0.2) is 49.1 Å². The van der Waals surface area contributed by atoms with Crippen LogP contribution in [0.2, 0.25) is 0 Å². The molecule has 140 valence electrons. The minimum absolute atomic E-state index is 0.00876. The summed E-state index contributed by atoms with van der Waals surface area (Å²) in [6, 6.07) is 5.73. The second-order valence-electron chi connectivity index (χ2n) is 5.48.